The molecule has 0 fully saturated rings. The molecule has 1 N–H and O–H groups in total. The fourth-order valence-electron chi connectivity index (χ4n) is 1.29. The minimum absolute atomic E-state index is 0.124. The molecule has 1 heterocycles. The first-order chi connectivity index (χ1) is 8.11. The molecule has 0 atom stereocenters. The number of benzene rings is 1. The second-order valence-corrected chi connectivity index (χ2v) is 7.16. The van der Waals surface area contributed by atoms with Crippen LogP contribution >= 0.6 is 27.3 Å². The summed E-state index contributed by atoms with van der Waals surface area (Å²) in [6.07, 6.45) is 1.72. The minimum Gasteiger partial charge on any atom is -0.283 e. The lowest BCUT2D eigenvalue weighted by atomic mass is 10.2. The summed E-state index contributed by atoms with van der Waals surface area (Å²) in [6.45, 7) is 0. The molecule has 2 rings (SSSR count). The van der Waals surface area contributed by atoms with E-state index in [1.165, 1.54) is 11.3 Å². The van der Waals surface area contributed by atoms with Crippen molar-refractivity contribution < 1.29 is 8.42 Å². The van der Waals surface area contributed by atoms with Crippen LogP contribution in [0.4, 0.5) is 5.69 Å². The molecular formula is C10H9BrN2O2S2. The second kappa shape index (κ2) is 5.16. The van der Waals surface area contributed by atoms with Crippen molar-refractivity contribution in [1.82, 2.24) is 4.98 Å². The van der Waals surface area contributed by atoms with Gasteiger partial charge in [0.15, 0.2) is 0 Å². The topological polar surface area (TPSA) is 59.1 Å². The van der Waals surface area contributed by atoms with Crippen molar-refractivity contribution in [2.24, 2.45) is 0 Å². The highest BCUT2D eigenvalue weighted by Gasteiger charge is 2.08. The number of hydrogen-bond donors (Lipinski definition) is 1. The van der Waals surface area contributed by atoms with E-state index in [0.29, 0.717) is 5.69 Å². The van der Waals surface area contributed by atoms with Gasteiger partial charge in [-0.1, -0.05) is 28.1 Å². The van der Waals surface area contributed by atoms with Crippen molar-refractivity contribution in [2.75, 3.05) is 9.38 Å². The summed E-state index contributed by atoms with van der Waals surface area (Å²) in [5.41, 5.74) is 1.44. The Hall–Kier alpha value is -0.920. The van der Waals surface area contributed by atoms with E-state index in [-0.39, 0.29) is 4.66 Å². The number of sulfonamides is 1. The summed E-state index contributed by atoms with van der Waals surface area (Å²) in [5, 5.41) is 2.75. The first kappa shape index (κ1) is 12.5. The van der Waals surface area contributed by atoms with Crippen LogP contribution in [0.25, 0.3) is 10.6 Å². The SMILES string of the molecule is O=S(=O)(CBr)Nc1cccc(-c2nccs2)c1. The number of nitrogens with zero attached hydrogens (tertiary/aromatic N) is 1. The van der Waals surface area contributed by atoms with Gasteiger partial charge in [0.25, 0.3) is 0 Å². The van der Waals surface area contributed by atoms with Crippen LogP contribution in [0.3, 0.4) is 0 Å². The maximum atomic E-state index is 11.4. The molecule has 0 spiro atoms. The average molecular weight is 333 g/mol. The zero-order valence-electron chi connectivity index (χ0n) is 8.63. The summed E-state index contributed by atoms with van der Waals surface area (Å²) in [6, 6.07) is 7.16. The Morgan fingerprint density at radius 3 is 2.88 bits per heavy atom. The fraction of sp³-hybridized carbons (Fsp3) is 0.100. The molecule has 0 radical (unpaired) electrons. The molecule has 1 aromatic heterocycles. The smallest absolute Gasteiger partial charge is 0.242 e. The molecule has 1 aromatic carbocycles. The van der Waals surface area contributed by atoms with Crippen molar-refractivity contribution in [2.45, 2.75) is 0 Å². The van der Waals surface area contributed by atoms with E-state index in [1.807, 2.05) is 11.4 Å². The number of halogens is 1. The molecule has 0 saturated heterocycles. The van der Waals surface area contributed by atoms with Crippen molar-refractivity contribution in [1.29, 1.82) is 0 Å². The van der Waals surface area contributed by atoms with E-state index < -0.39 is 10.0 Å². The van der Waals surface area contributed by atoms with Gasteiger partial charge in [-0.25, -0.2) is 13.4 Å². The predicted molar refractivity (Wildman–Crippen MR) is 73.9 cm³/mol. The van der Waals surface area contributed by atoms with Crippen LogP contribution in [0.5, 0.6) is 0 Å². The number of thiazole rings is 1. The van der Waals surface area contributed by atoms with Crippen LogP contribution in [-0.2, 0) is 10.0 Å². The molecule has 7 heteroatoms. The molecule has 0 saturated carbocycles. The normalized spacial score (nSPS) is 11.4. The van der Waals surface area contributed by atoms with Crippen molar-refractivity contribution in [3.8, 4) is 10.6 Å². The third kappa shape index (κ3) is 3.27. The number of nitrogens with one attached hydrogen (secondary N) is 1. The van der Waals surface area contributed by atoms with Crippen LogP contribution < -0.4 is 4.72 Å². The number of alkyl halides is 1. The molecule has 0 aliphatic rings. The van der Waals surface area contributed by atoms with E-state index in [4.69, 9.17) is 0 Å². The molecule has 2 aromatic rings. The summed E-state index contributed by atoms with van der Waals surface area (Å²) >= 11 is 4.44. The molecular weight excluding hydrogens is 324 g/mol. The first-order valence-electron chi connectivity index (χ1n) is 4.67. The van der Waals surface area contributed by atoms with Crippen LogP contribution in [-0.4, -0.2) is 18.1 Å². The van der Waals surface area contributed by atoms with Crippen molar-refractivity contribution in [3.05, 3.63) is 35.8 Å². The van der Waals surface area contributed by atoms with E-state index in [0.717, 1.165) is 10.6 Å². The number of hydrogen-bond acceptors (Lipinski definition) is 4. The number of aromatic nitrogens is 1. The summed E-state index contributed by atoms with van der Waals surface area (Å²) in [5.74, 6) is 0. The van der Waals surface area contributed by atoms with Crippen molar-refractivity contribution in [3.63, 3.8) is 0 Å². The highest BCUT2D eigenvalue weighted by atomic mass is 79.9. The van der Waals surface area contributed by atoms with Crippen LogP contribution in [0.1, 0.15) is 0 Å². The Labute approximate surface area is 112 Å². The predicted octanol–water partition coefficient (Wildman–Crippen LogP) is 2.90. The number of anilines is 1. The highest BCUT2D eigenvalue weighted by Crippen LogP contribution is 2.24. The molecule has 0 aliphatic heterocycles. The van der Waals surface area contributed by atoms with Crippen LogP contribution in [0.2, 0.25) is 0 Å². The van der Waals surface area contributed by atoms with Gasteiger partial charge < -0.3 is 0 Å². The Kier molecular flexibility index (Phi) is 3.80. The van der Waals surface area contributed by atoms with Gasteiger partial charge in [0.1, 0.15) is 9.67 Å². The van der Waals surface area contributed by atoms with E-state index in [9.17, 15) is 8.42 Å². The van der Waals surface area contributed by atoms with Crippen LogP contribution in [0.15, 0.2) is 35.8 Å². The quantitative estimate of drug-likeness (QED) is 0.875. The zero-order valence-corrected chi connectivity index (χ0v) is 11.8. The molecule has 4 nitrogen and oxygen atoms in total. The van der Waals surface area contributed by atoms with E-state index in [2.05, 4.69) is 25.6 Å². The first-order valence-corrected chi connectivity index (χ1v) is 8.32. The molecule has 90 valence electrons. The number of rotatable bonds is 4. The maximum absolute atomic E-state index is 11.4. The minimum atomic E-state index is -3.31. The third-order valence-electron chi connectivity index (χ3n) is 1.96. The van der Waals surface area contributed by atoms with Gasteiger partial charge in [-0.2, -0.15) is 0 Å². The van der Waals surface area contributed by atoms with E-state index >= 15 is 0 Å². The molecule has 0 unspecified atom stereocenters. The van der Waals surface area contributed by atoms with Gasteiger partial charge in [-0.15, -0.1) is 11.3 Å². The highest BCUT2D eigenvalue weighted by molar-refractivity contribution is 9.10. The summed E-state index contributed by atoms with van der Waals surface area (Å²) < 4.78 is 25.1. The van der Waals surface area contributed by atoms with E-state index in [1.54, 1.807) is 24.4 Å². The Bertz CT molecular complexity index is 597. The molecule has 17 heavy (non-hydrogen) atoms. The lowest BCUT2D eigenvalue weighted by molar-refractivity contribution is 0.606. The summed E-state index contributed by atoms with van der Waals surface area (Å²) in [7, 11) is -3.31. The second-order valence-electron chi connectivity index (χ2n) is 3.24. The molecule has 0 bridgehead atoms. The standard InChI is InChI=1S/C10H9BrN2O2S2/c11-7-17(14,15)13-9-3-1-2-8(6-9)10-12-4-5-16-10/h1-6,13H,7H2. The van der Waals surface area contributed by atoms with Crippen LogP contribution in [0, 0.1) is 0 Å². The lowest BCUT2D eigenvalue weighted by Gasteiger charge is -2.06. The monoisotopic (exact) mass is 332 g/mol. The third-order valence-corrected chi connectivity index (χ3v) is 5.42. The average Bonchev–Trinajstić information content (AvgIpc) is 2.82. The van der Waals surface area contributed by atoms with Gasteiger partial charge in [0, 0.05) is 22.8 Å². The lowest BCUT2D eigenvalue weighted by Crippen LogP contribution is -2.12. The largest absolute Gasteiger partial charge is 0.283 e. The summed E-state index contributed by atoms with van der Waals surface area (Å²) in [4.78, 5) is 4.18. The molecule has 0 amide bonds. The fourth-order valence-corrected chi connectivity index (χ4v) is 2.81. The zero-order chi connectivity index (χ0) is 12.3. The maximum Gasteiger partial charge on any atom is 0.242 e. The Morgan fingerprint density at radius 1 is 1.41 bits per heavy atom. The van der Waals surface area contributed by atoms with Gasteiger partial charge in [0.2, 0.25) is 10.0 Å². The van der Waals surface area contributed by atoms with Gasteiger partial charge in [-0.05, 0) is 12.1 Å². The molecule has 0 aliphatic carbocycles. The van der Waals surface area contributed by atoms with Gasteiger partial charge in [-0.3, -0.25) is 4.72 Å². The Balaban J connectivity index is 2.30. The van der Waals surface area contributed by atoms with Gasteiger partial charge >= 0.3 is 0 Å². The Morgan fingerprint density at radius 2 is 2.24 bits per heavy atom. The van der Waals surface area contributed by atoms with Gasteiger partial charge in [0.05, 0.1) is 0 Å². The van der Waals surface area contributed by atoms with Crippen molar-refractivity contribution >= 4 is 43.0 Å².